The fourth-order valence-corrected chi connectivity index (χ4v) is 2.76. The zero-order valence-electron chi connectivity index (χ0n) is 7.86. The van der Waals surface area contributed by atoms with E-state index in [0.717, 1.165) is 22.8 Å². The Hall–Kier alpha value is -0.780. The quantitative estimate of drug-likeness (QED) is 0.870. The van der Waals surface area contributed by atoms with Crippen LogP contribution in [0.5, 0.6) is 0 Å². The first-order valence-corrected chi connectivity index (χ1v) is 6.12. The average Bonchev–Trinajstić information content (AvgIpc) is 2.76. The molecule has 0 saturated heterocycles. The molecule has 14 heavy (non-hydrogen) atoms. The molecule has 3 nitrogen and oxygen atoms in total. The van der Waals surface area contributed by atoms with Crippen LogP contribution in [0, 0.1) is 6.92 Å². The van der Waals surface area contributed by atoms with Crippen molar-refractivity contribution in [2.75, 3.05) is 6.54 Å². The minimum absolute atomic E-state index is 0.654. The Balaban J connectivity index is 2.33. The predicted molar refractivity (Wildman–Crippen MR) is 60.7 cm³/mol. The van der Waals surface area contributed by atoms with Crippen LogP contribution in [0.25, 0.3) is 10.7 Å². The Morgan fingerprint density at radius 1 is 1.50 bits per heavy atom. The molecular weight excluding hydrogens is 214 g/mol. The third kappa shape index (κ3) is 1.84. The second-order valence-electron chi connectivity index (χ2n) is 2.93. The number of nitrogens with zero attached hydrogens (tertiary/aromatic N) is 2. The molecule has 0 aromatic carbocycles. The molecule has 0 radical (unpaired) electrons. The van der Waals surface area contributed by atoms with E-state index in [1.54, 1.807) is 22.7 Å². The van der Waals surface area contributed by atoms with Gasteiger partial charge in [0.2, 0.25) is 0 Å². The maximum absolute atomic E-state index is 5.51. The topological polar surface area (TPSA) is 51.8 Å². The lowest BCUT2D eigenvalue weighted by atomic mass is 10.3. The molecule has 2 aromatic heterocycles. The summed E-state index contributed by atoms with van der Waals surface area (Å²) in [6, 6.07) is 0. The van der Waals surface area contributed by atoms with Crippen molar-refractivity contribution < 1.29 is 0 Å². The van der Waals surface area contributed by atoms with Gasteiger partial charge in [0.05, 0.1) is 11.2 Å². The number of rotatable bonds is 3. The monoisotopic (exact) mass is 225 g/mol. The number of aromatic nitrogens is 2. The Kier molecular flexibility index (Phi) is 2.90. The summed E-state index contributed by atoms with van der Waals surface area (Å²) in [4.78, 5) is 10.0. The molecule has 0 fully saturated rings. The van der Waals surface area contributed by atoms with Crippen molar-refractivity contribution in [3.8, 4) is 10.7 Å². The fraction of sp³-hybridized carbons (Fsp3) is 0.333. The maximum atomic E-state index is 5.51. The molecule has 0 atom stereocenters. The molecule has 0 amide bonds. The summed E-state index contributed by atoms with van der Waals surface area (Å²) in [6.07, 6.45) is 0.854. The molecular formula is C9H11N3S2. The van der Waals surface area contributed by atoms with Gasteiger partial charge >= 0.3 is 0 Å². The third-order valence-corrected chi connectivity index (χ3v) is 3.55. The summed E-state index contributed by atoms with van der Waals surface area (Å²) in [5.74, 6) is 0. The van der Waals surface area contributed by atoms with Gasteiger partial charge in [-0.3, -0.25) is 0 Å². The van der Waals surface area contributed by atoms with Crippen LogP contribution in [0.3, 0.4) is 0 Å². The first-order valence-electron chi connectivity index (χ1n) is 4.36. The maximum Gasteiger partial charge on any atom is 0.143 e. The highest BCUT2D eigenvalue weighted by Crippen LogP contribution is 2.27. The van der Waals surface area contributed by atoms with Crippen LogP contribution in [0.15, 0.2) is 10.9 Å². The molecule has 2 N–H and O–H groups in total. The second-order valence-corrected chi connectivity index (χ2v) is 4.86. The van der Waals surface area contributed by atoms with E-state index in [4.69, 9.17) is 5.73 Å². The lowest BCUT2D eigenvalue weighted by Gasteiger charge is -1.91. The van der Waals surface area contributed by atoms with E-state index < -0.39 is 0 Å². The molecule has 5 heteroatoms. The Labute approximate surface area is 90.6 Å². The number of nitrogens with two attached hydrogens (primary N) is 1. The first kappa shape index (κ1) is 9.76. The largest absolute Gasteiger partial charge is 0.330 e. The summed E-state index contributed by atoms with van der Waals surface area (Å²) < 4.78 is 0. The summed E-state index contributed by atoms with van der Waals surface area (Å²) in [6.45, 7) is 2.74. The van der Waals surface area contributed by atoms with E-state index in [9.17, 15) is 0 Å². The van der Waals surface area contributed by atoms with Gasteiger partial charge < -0.3 is 5.73 Å². The first-order chi connectivity index (χ1) is 6.81. The van der Waals surface area contributed by atoms with Crippen molar-refractivity contribution >= 4 is 22.7 Å². The zero-order valence-corrected chi connectivity index (χ0v) is 9.49. The van der Waals surface area contributed by atoms with Crippen LogP contribution in [-0.4, -0.2) is 16.5 Å². The van der Waals surface area contributed by atoms with Gasteiger partial charge in [-0.25, -0.2) is 9.97 Å². The van der Waals surface area contributed by atoms with Crippen molar-refractivity contribution in [2.45, 2.75) is 13.3 Å². The van der Waals surface area contributed by atoms with Crippen LogP contribution >= 0.6 is 22.7 Å². The van der Waals surface area contributed by atoms with Crippen LogP contribution < -0.4 is 5.73 Å². The van der Waals surface area contributed by atoms with E-state index in [0.29, 0.717) is 6.54 Å². The SMILES string of the molecule is Cc1sc(-c2cscn2)nc1CCN. The van der Waals surface area contributed by atoms with E-state index in [1.165, 1.54) is 4.88 Å². The van der Waals surface area contributed by atoms with Crippen LogP contribution in [0.4, 0.5) is 0 Å². The van der Waals surface area contributed by atoms with Gasteiger partial charge in [0.25, 0.3) is 0 Å². The summed E-state index contributed by atoms with van der Waals surface area (Å²) in [5, 5.41) is 3.03. The number of hydrogen-bond acceptors (Lipinski definition) is 5. The van der Waals surface area contributed by atoms with Gasteiger partial charge in [-0.05, 0) is 13.5 Å². The van der Waals surface area contributed by atoms with Crippen LogP contribution in [0.1, 0.15) is 10.6 Å². The zero-order chi connectivity index (χ0) is 9.97. The van der Waals surface area contributed by atoms with Gasteiger partial charge in [-0.1, -0.05) is 0 Å². The fourth-order valence-electron chi connectivity index (χ4n) is 1.22. The van der Waals surface area contributed by atoms with E-state index in [-0.39, 0.29) is 0 Å². The highest BCUT2D eigenvalue weighted by Gasteiger charge is 2.09. The minimum atomic E-state index is 0.654. The minimum Gasteiger partial charge on any atom is -0.330 e. The molecule has 0 aliphatic carbocycles. The molecule has 0 aliphatic heterocycles. The van der Waals surface area contributed by atoms with Gasteiger partial charge in [0, 0.05) is 16.7 Å². The average molecular weight is 225 g/mol. The summed E-state index contributed by atoms with van der Waals surface area (Å²) in [5.41, 5.74) is 9.43. The van der Waals surface area contributed by atoms with E-state index in [1.807, 2.05) is 10.9 Å². The van der Waals surface area contributed by atoms with Gasteiger partial charge in [0.1, 0.15) is 10.7 Å². The predicted octanol–water partition coefficient (Wildman–Crippen LogP) is 2.08. The van der Waals surface area contributed by atoms with Gasteiger partial charge in [-0.15, -0.1) is 22.7 Å². The molecule has 2 aromatic rings. The highest BCUT2D eigenvalue weighted by molar-refractivity contribution is 7.15. The smallest absolute Gasteiger partial charge is 0.143 e. The molecule has 0 bridgehead atoms. The number of thiazole rings is 2. The summed E-state index contributed by atoms with van der Waals surface area (Å²) >= 11 is 3.28. The van der Waals surface area contributed by atoms with Crippen molar-refractivity contribution in [1.29, 1.82) is 0 Å². The Morgan fingerprint density at radius 2 is 2.36 bits per heavy atom. The van der Waals surface area contributed by atoms with Crippen LogP contribution in [-0.2, 0) is 6.42 Å². The summed E-state index contributed by atoms with van der Waals surface area (Å²) in [7, 11) is 0. The number of aryl methyl sites for hydroxylation is 1. The second kappa shape index (κ2) is 4.16. The molecule has 0 aliphatic rings. The van der Waals surface area contributed by atoms with Crippen molar-refractivity contribution in [1.82, 2.24) is 9.97 Å². The van der Waals surface area contributed by atoms with Crippen molar-refractivity contribution in [3.05, 3.63) is 21.5 Å². The molecule has 0 saturated carbocycles. The molecule has 2 heterocycles. The standard InChI is InChI=1S/C9H11N3S2/c1-6-7(2-3-10)12-9(14-6)8-4-13-5-11-8/h4-5H,2-3,10H2,1H3. The lowest BCUT2D eigenvalue weighted by Crippen LogP contribution is -2.03. The normalized spacial score (nSPS) is 10.7. The van der Waals surface area contributed by atoms with E-state index in [2.05, 4.69) is 16.9 Å². The molecule has 0 spiro atoms. The highest BCUT2D eigenvalue weighted by atomic mass is 32.1. The Bertz CT molecular complexity index is 406. The van der Waals surface area contributed by atoms with Crippen LogP contribution in [0.2, 0.25) is 0 Å². The van der Waals surface area contributed by atoms with Crippen molar-refractivity contribution in [3.63, 3.8) is 0 Å². The van der Waals surface area contributed by atoms with E-state index >= 15 is 0 Å². The van der Waals surface area contributed by atoms with Crippen molar-refractivity contribution in [2.24, 2.45) is 5.73 Å². The molecule has 2 rings (SSSR count). The lowest BCUT2D eigenvalue weighted by molar-refractivity contribution is 0.927. The molecule has 0 unspecified atom stereocenters. The third-order valence-electron chi connectivity index (χ3n) is 1.93. The Morgan fingerprint density at radius 3 is 3.00 bits per heavy atom. The van der Waals surface area contributed by atoms with Gasteiger partial charge in [0.15, 0.2) is 0 Å². The number of hydrogen-bond donors (Lipinski definition) is 1. The van der Waals surface area contributed by atoms with Gasteiger partial charge in [-0.2, -0.15) is 0 Å². The molecule has 74 valence electrons.